The topological polar surface area (TPSA) is 67.9 Å². The van der Waals surface area contributed by atoms with Crippen LogP contribution in [0.25, 0.3) is 0 Å². The van der Waals surface area contributed by atoms with E-state index in [-0.39, 0.29) is 18.6 Å². The summed E-state index contributed by atoms with van der Waals surface area (Å²) in [6, 6.07) is 12.4. The van der Waals surface area contributed by atoms with Crippen molar-refractivity contribution in [3.05, 3.63) is 58.6 Å². The molecule has 0 unspecified atom stereocenters. The molecule has 1 aliphatic heterocycles. The molecular formula is C19H19ClN2O4. The number of carbonyl (C=O) groups is 2. The Bertz CT molecular complexity index is 808. The average Bonchev–Trinajstić information content (AvgIpc) is 3.10. The van der Waals surface area contributed by atoms with Gasteiger partial charge in [0.15, 0.2) is 11.5 Å². The van der Waals surface area contributed by atoms with Gasteiger partial charge in [0.2, 0.25) is 12.7 Å². The van der Waals surface area contributed by atoms with E-state index < -0.39 is 0 Å². The van der Waals surface area contributed by atoms with Gasteiger partial charge in [-0.25, -0.2) is 0 Å². The van der Waals surface area contributed by atoms with E-state index in [1.807, 2.05) is 12.1 Å². The van der Waals surface area contributed by atoms with Crippen molar-refractivity contribution in [3.8, 4) is 11.5 Å². The summed E-state index contributed by atoms with van der Waals surface area (Å²) < 4.78 is 10.5. The molecule has 0 spiro atoms. The lowest BCUT2D eigenvalue weighted by molar-refractivity contribution is -0.129. The Morgan fingerprint density at radius 3 is 2.58 bits per heavy atom. The normalized spacial score (nSPS) is 11.9. The van der Waals surface area contributed by atoms with Gasteiger partial charge in [0.05, 0.1) is 0 Å². The summed E-state index contributed by atoms with van der Waals surface area (Å²) in [6.07, 6.45) is 0. The van der Waals surface area contributed by atoms with Crippen LogP contribution >= 0.6 is 11.6 Å². The summed E-state index contributed by atoms with van der Waals surface area (Å²) >= 11 is 5.88. The van der Waals surface area contributed by atoms with Crippen molar-refractivity contribution in [2.24, 2.45) is 0 Å². The third kappa shape index (κ3) is 4.46. The van der Waals surface area contributed by atoms with E-state index >= 15 is 0 Å². The highest BCUT2D eigenvalue weighted by Gasteiger charge is 2.16. The molecule has 136 valence electrons. The smallest absolute Gasteiger partial charge is 0.251 e. The van der Waals surface area contributed by atoms with E-state index in [0.717, 1.165) is 5.56 Å². The highest BCUT2D eigenvalue weighted by Crippen LogP contribution is 2.32. The summed E-state index contributed by atoms with van der Waals surface area (Å²) in [5.41, 5.74) is 1.47. The molecule has 1 heterocycles. The summed E-state index contributed by atoms with van der Waals surface area (Å²) in [7, 11) is 0. The fraction of sp³-hybridized carbons (Fsp3) is 0.263. The molecule has 2 aromatic carbocycles. The maximum absolute atomic E-state index is 12.3. The first kappa shape index (κ1) is 18.1. The first-order valence-corrected chi connectivity index (χ1v) is 8.58. The van der Waals surface area contributed by atoms with E-state index in [1.165, 1.54) is 6.92 Å². The zero-order valence-corrected chi connectivity index (χ0v) is 15.1. The van der Waals surface area contributed by atoms with E-state index in [9.17, 15) is 9.59 Å². The first-order chi connectivity index (χ1) is 12.5. The van der Waals surface area contributed by atoms with Crippen LogP contribution in [-0.2, 0) is 11.3 Å². The van der Waals surface area contributed by atoms with Gasteiger partial charge in [0.1, 0.15) is 0 Å². The fourth-order valence-corrected chi connectivity index (χ4v) is 2.73. The van der Waals surface area contributed by atoms with Crippen LogP contribution in [0, 0.1) is 0 Å². The van der Waals surface area contributed by atoms with E-state index in [1.54, 1.807) is 35.2 Å². The van der Waals surface area contributed by atoms with Crippen LogP contribution < -0.4 is 14.8 Å². The number of ether oxygens (including phenoxy) is 2. The molecule has 0 atom stereocenters. The molecule has 0 bridgehead atoms. The van der Waals surface area contributed by atoms with Crippen LogP contribution in [-0.4, -0.2) is 36.6 Å². The number of hydrogen-bond acceptors (Lipinski definition) is 4. The van der Waals surface area contributed by atoms with Crippen molar-refractivity contribution in [1.82, 2.24) is 10.2 Å². The Hall–Kier alpha value is -2.73. The molecule has 0 saturated carbocycles. The average molecular weight is 375 g/mol. The van der Waals surface area contributed by atoms with Gasteiger partial charge >= 0.3 is 0 Å². The molecule has 2 amide bonds. The van der Waals surface area contributed by atoms with Crippen LogP contribution in [0.15, 0.2) is 42.5 Å². The van der Waals surface area contributed by atoms with Gasteiger partial charge in [-0.1, -0.05) is 23.7 Å². The number of halogens is 1. The van der Waals surface area contributed by atoms with Crippen LogP contribution in [0.2, 0.25) is 5.02 Å². The van der Waals surface area contributed by atoms with Gasteiger partial charge in [-0.3, -0.25) is 9.59 Å². The second kappa shape index (κ2) is 8.10. The number of benzene rings is 2. The quantitative estimate of drug-likeness (QED) is 0.844. The van der Waals surface area contributed by atoms with Crippen LogP contribution in [0.4, 0.5) is 0 Å². The summed E-state index contributed by atoms with van der Waals surface area (Å²) in [5.74, 6) is 0.911. The Balaban J connectivity index is 1.53. The monoisotopic (exact) mass is 374 g/mol. The van der Waals surface area contributed by atoms with E-state index in [0.29, 0.717) is 41.7 Å². The van der Waals surface area contributed by atoms with Crippen molar-refractivity contribution >= 4 is 23.4 Å². The number of carbonyl (C=O) groups excluding carboxylic acids is 2. The van der Waals surface area contributed by atoms with Gasteiger partial charge in [0, 0.05) is 37.1 Å². The molecule has 7 heteroatoms. The van der Waals surface area contributed by atoms with Crippen LogP contribution in [0.1, 0.15) is 22.8 Å². The minimum Gasteiger partial charge on any atom is -0.454 e. The second-order valence-corrected chi connectivity index (χ2v) is 6.33. The molecule has 0 aliphatic carbocycles. The molecule has 2 aromatic rings. The molecule has 1 N–H and O–H groups in total. The zero-order valence-electron chi connectivity index (χ0n) is 14.3. The Morgan fingerprint density at radius 1 is 1.12 bits per heavy atom. The minimum absolute atomic E-state index is 0.0581. The molecule has 0 aromatic heterocycles. The second-order valence-electron chi connectivity index (χ2n) is 5.89. The Labute approximate surface area is 156 Å². The number of amides is 2. The SMILES string of the molecule is CC(=O)N(CCNC(=O)c1ccc2c(c1)OCO2)Cc1ccc(Cl)cc1. The Kier molecular flexibility index (Phi) is 5.63. The van der Waals surface area contributed by atoms with E-state index in [4.69, 9.17) is 21.1 Å². The molecule has 0 saturated heterocycles. The predicted octanol–water partition coefficient (Wildman–Crippen LogP) is 2.85. The third-order valence-corrected chi connectivity index (χ3v) is 4.29. The van der Waals surface area contributed by atoms with Crippen molar-refractivity contribution < 1.29 is 19.1 Å². The third-order valence-electron chi connectivity index (χ3n) is 4.03. The lowest BCUT2D eigenvalue weighted by Crippen LogP contribution is -2.37. The van der Waals surface area contributed by atoms with Crippen LogP contribution in [0.5, 0.6) is 11.5 Å². The van der Waals surface area contributed by atoms with Gasteiger partial charge in [-0.15, -0.1) is 0 Å². The minimum atomic E-state index is -0.224. The summed E-state index contributed by atoms with van der Waals surface area (Å²) in [5, 5.41) is 3.47. The molecule has 0 radical (unpaired) electrons. The number of hydrogen-bond donors (Lipinski definition) is 1. The molecule has 0 fully saturated rings. The zero-order chi connectivity index (χ0) is 18.5. The highest BCUT2D eigenvalue weighted by atomic mass is 35.5. The van der Waals surface area contributed by atoms with Gasteiger partial charge in [-0.05, 0) is 35.9 Å². The number of fused-ring (bicyclic) bond motifs is 1. The number of rotatable bonds is 6. The fourth-order valence-electron chi connectivity index (χ4n) is 2.60. The van der Waals surface area contributed by atoms with Gasteiger partial charge < -0.3 is 19.7 Å². The summed E-state index contributed by atoms with van der Waals surface area (Å²) in [6.45, 7) is 2.90. The number of nitrogens with one attached hydrogen (secondary N) is 1. The largest absolute Gasteiger partial charge is 0.454 e. The predicted molar refractivity (Wildman–Crippen MR) is 97.4 cm³/mol. The maximum Gasteiger partial charge on any atom is 0.251 e. The van der Waals surface area contributed by atoms with E-state index in [2.05, 4.69) is 5.32 Å². The van der Waals surface area contributed by atoms with Crippen molar-refractivity contribution in [2.45, 2.75) is 13.5 Å². The number of nitrogens with zero attached hydrogens (tertiary/aromatic N) is 1. The first-order valence-electron chi connectivity index (χ1n) is 8.21. The standard InChI is InChI=1S/C19H19ClN2O4/c1-13(23)22(11-14-2-5-16(20)6-3-14)9-8-21-19(24)15-4-7-17-18(10-15)26-12-25-17/h2-7,10H,8-9,11-12H2,1H3,(H,21,24). The van der Waals surface area contributed by atoms with Crippen molar-refractivity contribution in [3.63, 3.8) is 0 Å². The lowest BCUT2D eigenvalue weighted by Gasteiger charge is -2.21. The molecule has 26 heavy (non-hydrogen) atoms. The van der Waals surface area contributed by atoms with Crippen LogP contribution in [0.3, 0.4) is 0 Å². The Morgan fingerprint density at radius 2 is 1.85 bits per heavy atom. The summed E-state index contributed by atoms with van der Waals surface area (Å²) in [4.78, 5) is 25.8. The molecule has 1 aliphatic rings. The van der Waals surface area contributed by atoms with Gasteiger partial charge in [-0.2, -0.15) is 0 Å². The molecule has 3 rings (SSSR count). The molecular weight excluding hydrogens is 356 g/mol. The van der Waals surface area contributed by atoms with Crippen molar-refractivity contribution in [2.75, 3.05) is 19.9 Å². The highest BCUT2D eigenvalue weighted by molar-refractivity contribution is 6.30. The van der Waals surface area contributed by atoms with Crippen molar-refractivity contribution in [1.29, 1.82) is 0 Å². The maximum atomic E-state index is 12.3. The van der Waals surface area contributed by atoms with Gasteiger partial charge in [0.25, 0.3) is 5.91 Å². The molecule has 6 nitrogen and oxygen atoms in total. The lowest BCUT2D eigenvalue weighted by atomic mass is 10.2.